The molecule has 2 unspecified atom stereocenters. The van der Waals surface area contributed by atoms with Crippen molar-refractivity contribution in [3.63, 3.8) is 0 Å². The summed E-state index contributed by atoms with van der Waals surface area (Å²) in [4.78, 5) is 2.41. The maximum atomic E-state index is 11.3. The topological polar surface area (TPSA) is 49.4 Å². The van der Waals surface area contributed by atoms with E-state index in [2.05, 4.69) is 37.9 Å². The molecule has 0 aromatic carbocycles. The van der Waals surface area contributed by atoms with Crippen molar-refractivity contribution in [2.24, 2.45) is 0 Å². The fourth-order valence-electron chi connectivity index (χ4n) is 2.73. The van der Waals surface area contributed by atoms with Crippen LogP contribution < -0.4 is 5.32 Å². The molecule has 0 saturated carbocycles. The molecule has 0 radical (unpaired) electrons. The summed E-state index contributed by atoms with van der Waals surface area (Å²) < 4.78 is 22.7. The second kappa shape index (κ2) is 7.46. The zero-order valence-electron chi connectivity index (χ0n) is 12.8. The van der Waals surface area contributed by atoms with Crippen LogP contribution in [-0.4, -0.2) is 57.0 Å². The van der Waals surface area contributed by atoms with Crippen molar-refractivity contribution in [2.75, 3.05) is 32.1 Å². The van der Waals surface area contributed by atoms with Gasteiger partial charge >= 0.3 is 0 Å². The van der Waals surface area contributed by atoms with Gasteiger partial charge in [0.05, 0.1) is 5.75 Å². The molecule has 0 amide bonds. The Bertz CT molecular complexity index is 326. The molecular formula is C13H30N2O2S. The maximum absolute atomic E-state index is 11.3. The van der Waals surface area contributed by atoms with Crippen LogP contribution in [0.1, 0.15) is 40.5 Å². The zero-order chi connectivity index (χ0) is 14.4. The van der Waals surface area contributed by atoms with Crippen molar-refractivity contribution < 1.29 is 8.42 Å². The van der Waals surface area contributed by atoms with E-state index in [0.717, 1.165) is 19.5 Å². The molecule has 0 aliphatic rings. The minimum absolute atomic E-state index is 0.00292. The molecule has 0 aromatic heterocycles. The van der Waals surface area contributed by atoms with Crippen molar-refractivity contribution in [1.82, 2.24) is 10.2 Å². The van der Waals surface area contributed by atoms with Crippen LogP contribution >= 0.6 is 0 Å². The van der Waals surface area contributed by atoms with Gasteiger partial charge in [0.15, 0.2) is 0 Å². The first-order valence-electron chi connectivity index (χ1n) is 6.85. The number of nitrogens with zero attached hydrogens (tertiary/aromatic N) is 1. The van der Waals surface area contributed by atoms with E-state index in [4.69, 9.17) is 0 Å². The van der Waals surface area contributed by atoms with Crippen molar-refractivity contribution in [1.29, 1.82) is 0 Å². The lowest BCUT2D eigenvalue weighted by molar-refractivity contribution is 0.0718. The first kappa shape index (κ1) is 17.9. The monoisotopic (exact) mass is 278 g/mol. The van der Waals surface area contributed by atoms with Crippen LogP contribution in [0.15, 0.2) is 0 Å². The van der Waals surface area contributed by atoms with Crippen LogP contribution in [-0.2, 0) is 9.84 Å². The van der Waals surface area contributed by atoms with E-state index < -0.39 is 9.84 Å². The Morgan fingerprint density at radius 1 is 1.22 bits per heavy atom. The first-order valence-corrected chi connectivity index (χ1v) is 8.91. The lowest BCUT2D eigenvalue weighted by Gasteiger charge is -2.45. The molecule has 0 rings (SSSR count). The van der Waals surface area contributed by atoms with Crippen LogP contribution in [0.3, 0.4) is 0 Å². The van der Waals surface area contributed by atoms with Crippen molar-refractivity contribution in [3.05, 3.63) is 0 Å². The molecule has 0 heterocycles. The number of rotatable bonds is 9. The predicted octanol–water partition coefficient (Wildman–Crippen LogP) is 1.52. The molecule has 0 bridgehead atoms. The number of hydrogen-bond acceptors (Lipinski definition) is 4. The smallest absolute Gasteiger partial charge is 0.147 e. The molecule has 110 valence electrons. The molecule has 4 nitrogen and oxygen atoms in total. The van der Waals surface area contributed by atoms with E-state index >= 15 is 0 Å². The zero-order valence-corrected chi connectivity index (χ0v) is 13.6. The third-order valence-electron chi connectivity index (χ3n) is 4.08. The number of nitrogens with one attached hydrogen (secondary N) is 1. The highest BCUT2D eigenvalue weighted by molar-refractivity contribution is 7.90. The Morgan fingerprint density at radius 3 is 2.00 bits per heavy atom. The van der Waals surface area contributed by atoms with E-state index in [0.29, 0.717) is 6.42 Å². The molecule has 0 aromatic rings. The summed E-state index contributed by atoms with van der Waals surface area (Å²) in [5, 5.41) is 3.31. The van der Waals surface area contributed by atoms with E-state index in [-0.39, 0.29) is 17.3 Å². The Labute approximate surface area is 113 Å². The van der Waals surface area contributed by atoms with Crippen LogP contribution in [0.25, 0.3) is 0 Å². The summed E-state index contributed by atoms with van der Waals surface area (Å²) in [6.07, 6.45) is 2.97. The van der Waals surface area contributed by atoms with Gasteiger partial charge in [-0.25, -0.2) is 8.42 Å². The maximum Gasteiger partial charge on any atom is 0.147 e. The molecular weight excluding hydrogens is 248 g/mol. The molecule has 5 heteroatoms. The molecule has 2 atom stereocenters. The quantitative estimate of drug-likeness (QED) is 0.695. The number of hydrogen-bond donors (Lipinski definition) is 1. The lowest BCUT2D eigenvalue weighted by atomic mass is 9.85. The third kappa shape index (κ3) is 4.86. The number of likely N-dealkylation sites (N-methyl/N-ethyl adjacent to an activating group) is 2. The highest BCUT2D eigenvalue weighted by atomic mass is 32.2. The fourth-order valence-corrected chi connectivity index (χ4v) is 3.40. The van der Waals surface area contributed by atoms with Crippen molar-refractivity contribution in [3.8, 4) is 0 Å². The van der Waals surface area contributed by atoms with Crippen LogP contribution in [0.2, 0.25) is 0 Å². The standard InChI is InChI=1S/C13H30N2O2S/c1-7-13(4,15(8-2)9-3)12(14-5)10-11-18(6,16)17/h12,14H,7-11H2,1-6H3. The minimum atomic E-state index is -2.90. The van der Waals surface area contributed by atoms with Crippen molar-refractivity contribution in [2.45, 2.75) is 52.1 Å². The van der Waals surface area contributed by atoms with Gasteiger partial charge < -0.3 is 5.32 Å². The van der Waals surface area contributed by atoms with Crippen LogP contribution in [0, 0.1) is 0 Å². The fraction of sp³-hybridized carbons (Fsp3) is 1.00. The van der Waals surface area contributed by atoms with E-state index in [9.17, 15) is 8.42 Å². The average Bonchev–Trinajstić information content (AvgIpc) is 2.29. The van der Waals surface area contributed by atoms with Gasteiger partial charge in [-0.3, -0.25) is 4.90 Å². The lowest BCUT2D eigenvalue weighted by Crippen LogP contribution is -2.59. The summed E-state index contributed by atoms with van der Waals surface area (Å²) in [5.41, 5.74) is 0.00292. The normalized spacial score (nSPS) is 17.7. The highest BCUT2D eigenvalue weighted by Crippen LogP contribution is 2.25. The molecule has 0 saturated heterocycles. The van der Waals surface area contributed by atoms with Gasteiger partial charge in [0, 0.05) is 17.8 Å². The van der Waals surface area contributed by atoms with E-state index in [1.807, 2.05) is 7.05 Å². The number of sulfone groups is 1. The molecule has 0 spiro atoms. The minimum Gasteiger partial charge on any atom is -0.315 e. The van der Waals surface area contributed by atoms with Gasteiger partial charge in [-0.1, -0.05) is 20.8 Å². The summed E-state index contributed by atoms with van der Waals surface area (Å²) in [5.74, 6) is 0.245. The molecule has 0 fully saturated rings. The average molecular weight is 278 g/mol. The van der Waals surface area contributed by atoms with E-state index in [1.165, 1.54) is 6.26 Å². The molecule has 0 aliphatic carbocycles. The van der Waals surface area contributed by atoms with Gasteiger partial charge in [-0.05, 0) is 39.9 Å². The second-order valence-corrected chi connectivity index (χ2v) is 7.40. The van der Waals surface area contributed by atoms with Gasteiger partial charge in [0.1, 0.15) is 9.84 Å². The van der Waals surface area contributed by atoms with Gasteiger partial charge in [0.25, 0.3) is 0 Å². The SMILES string of the molecule is CCN(CC)C(C)(CC)C(CCS(C)(=O)=O)NC. The van der Waals surface area contributed by atoms with Crippen LogP contribution in [0.5, 0.6) is 0 Å². The highest BCUT2D eigenvalue weighted by Gasteiger charge is 2.36. The predicted molar refractivity (Wildman–Crippen MR) is 78.8 cm³/mol. The largest absolute Gasteiger partial charge is 0.315 e. The van der Waals surface area contributed by atoms with Crippen molar-refractivity contribution >= 4 is 9.84 Å². The molecule has 18 heavy (non-hydrogen) atoms. The Balaban J connectivity index is 4.95. The Hall–Kier alpha value is -0.130. The molecule has 1 N–H and O–H groups in total. The van der Waals surface area contributed by atoms with Gasteiger partial charge in [0.2, 0.25) is 0 Å². The summed E-state index contributed by atoms with van der Waals surface area (Å²) in [6.45, 7) is 10.7. The second-order valence-electron chi connectivity index (χ2n) is 5.14. The van der Waals surface area contributed by atoms with Gasteiger partial charge in [-0.2, -0.15) is 0 Å². The first-order chi connectivity index (χ1) is 8.25. The van der Waals surface area contributed by atoms with Crippen LogP contribution in [0.4, 0.5) is 0 Å². The van der Waals surface area contributed by atoms with E-state index in [1.54, 1.807) is 0 Å². The van der Waals surface area contributed by atoms with Gasteiger partial charge in [-0.15, -0.1) is 0 Å². The summed E-state index contributed by atoms with van der Waals surface area (Å²) in [6, 6.07) is 0.192. The summed E-state index contributed by atoms with van der Waals surface area (Å²) in [7, 11) is -0.974. The Morgan fingerprint density at radius 2 is 1.72 bits per heavy atom. The molecule has 0 aliphatic heterocycles. The summed E-state index contributed by atoms with van der Waals surface area (Å²) >= 11 is 0. The Kier molecular flexibility index (Phi) is 7.40. The third-order valence-corrected chi connectivity index (χ3v) is 5.06.